The number of amides is 1. The number of hydrogen-bond donors (Lipinski definition) is 1. The summed E-state index contributed by atoms with van der Waals surface area (Å²) in [6, 6.07) is 12.9. The maximum atomic E-state index is 12.5. The fourth-order valence-electron chi connectivity index (χ4n) is 2.47. The van der Waals surface area contributed by atoms with Crippen molar-refractivity contribution in [3.8, 4) is 0 Å². The van der Waals surface area contributed by atoms with Crippen LogP contribution in [0.1, 0.15) is 19.4 Å². The summed E-state index contributed by atoms with van der Waals surface area (Å²) in [5.41, 5.74) is 2.10. The Hall–Kier alpha value is -2.05. The predicted molar refractivity (Wildman–Crippen MR) is 103 cm³/mol. The molecule has 1 amide bonds. The molecule has 25 heavy (non-hydrogen) atoms. The van der Waals surface area contributed by atoms with E-state index in [1.165, 1.54) is 0 Å². The van der Waals surface area contributed by atoms with Crippen molar-refractivity contribution in [3.05, 3.63) is 59.1 Å². The zero-order valence-electron chi connectivity index (χ0n) is 14.4. The van der Waals surface area contributed by atoms with Gasteiger partial charge in [0.15, 0.2) is 0 Å². The Kier molecular flexibility index (Phi) is 6.08. The Bertz CT molecular complexity index is 834. The molecule has 0 aliphatic rings. The van der Waals surface area contributed by atoms with Crippen LogP contribution in [0.2, 0.25) is 5.02 Å². The van der Waals surface area contributed by atoms with Gasteiger partial charge >= 0.3 is 0 Å². The molecule has 0 radical (unpaired) electrons. The molecule has 2 rings (SSSR count). The summed E-state index contributed by atoms with van der Waals surface area (Å²) in [5.74, 6) is -0.424. The highest BCUT2D eigenvalue weighted by molar-refractivity contribution is 7.92. The molecule has 0 fully saturated rings. The van der Waals surface area contributed by atoms with Crippen molar-refractivity contribution in [2.75, 3.05) is 15.9 Å². The van der Waals surface area contributed by atoms with Crippen molar-refractivity contribution in [2.45, 2.75) is 26.3 Å². The lowest BCUT2D eigenvalue weighted by Gasteiger charge is -2.28. The number of benzene rings is 2. The fraction of sp³-hybridized carbons (Fsp3) is 0.278. The standard InChI is InChI=1S/C18H21ClN2O3S/c1-4-14-5-11-17(12-6-14)21(25(3,23)24)13(2)18(22)20-16-9-7-15(19)8-10-16/h5-13H,4H2,1-3H3,(H,20,22). The molecule has 0 aliphatic heterocycles. The first-order valence-corrected chi connectivity index (χ1v) is 10.1. The van der Waals surface area contributed by atoms with Crippen LogP contribution in [0.25, 0.3) is 0 Å². The van der Waals surface area contributed by atoms with E-state index in [-0.39, 0.29) is 0 Å². The summed E-state index contributed by atoms with van der Waals surface area (Å²) in [6.45, 7) is 3.57. The molecule has 0 saturated carbocycles. The van der Waals surface area contributed by atoms with E-state index < -0.39 is 22.0 Å². The average molecular weight is 381 g/mol. The van der Waals surface area contributed by atoms with E-state index in [4.69, 9.17) is 11.6 Å². The number of halogens is 1. The molecule has 1 unspecified atom stereocenters. The molecule has 5 nitrogen and oxygen atoms in total. The second-order valence-electron chi connectivity index (χ2n) is 5.75. The number of aryl methyl sites for hydroxylation is 1. The van der Waals surface area contributed by atoms with Crippen LogP contribution >= 0.6 is 11.6 Å². The van der Waals surface area contributed by atoms with Crippen molar-refractivity contribution in [2.24, 2.45) is 0 Å². The molecule has 2 aromatic rings. The Morgan fingerprint density at radius 3 is 2.16 bits per heavy atom. The van der Waals surface area contributed by atoms with Gasteiger partial charge in [-0.1, -0.05) is 30.7 Å². The van der Waals surface area contributed by atoms with Crippen LogP contribution in [-0.2, 0) is 21.2 Å². The van der Waals surface area contributed by atoms with E-state index in [9.17, 15) is 13.2 Å². The number of rotatable bonds is 6. The highest BCUT2D eigenvalue weighted by atomic mass is 35.5. The Morgan fingerprint density at radius 2 is 1.68 bits per heavy atom. The SMILES string of the molecule is CCc1ccc(N(C(C)C(=O)Nc2ccc(Cl)cc2)S(C)(=O)=O)cc1. The zero-order valence-corrected chi connectivity index (χ0v) is 15.9. The number of sulfonamides is 1. The second-order valence-corrected chi connectivity index (χ2v) is 8.05. The van der Waals surface area contributed by atoms with Gasteiger partial charge in [0.2, 0.25) is 15.9 Å². The molecular weight excluding hydrogens is 360 g/mol. The van der Waals surface area contributed by atoms with Crippen LogP contribution in [0.4, 0.5) is 11.4 Å². The lowest BCUT2D eigenvalue weighted by Crippen LogP contribution is -2.45. The average Bonchev–Trinajstić information content (AvgIpc) is 2.56. The number of carbonyl (C=O) groups excluding carboxylic acids is 1. The van der Waals surface area contributed by atoms with Crippen LogP contribution in [0.5, 0.6) is 0 Å². The van der Waals surface area contributed by atoms with Gasteiger partial charge in [0.1, 0.15) is 6.04 Å². The van der Waals surface area contributed by atoms with Crippen LogP contribution in [-0.4, -0.2) is 26.6 Å². The molecule has 1 atom stereocenters. The predicted octanol–water partition coefficient (Wildman–Crippen LogP) is 3.70. The van der Waals surface area contributed by atoms with Gasteiger partial charge in [0.05, 0.1) is 11.9 Å². The third-order valence-corrected chi connectivity index (χ3v) is 5.29. The molecule has 7 heteroatoms. The Balaban J connectivity index is 2.27. The van der Waals surface area contributed by atoms with Gasteiger partial charge in [-0.05, 0) is 55.3 Å². The molecular formula is C18H21ClN2O3S. The maximum absolute atomic E-state index is 12.5. The number of carbonyl (C=O) groups is 1. The summed E-state index contributed by atoms with van der Waals surface area (Å²) >= 11 is 5.83. The largest absolute Gasteiger partial charge is 0.324 e. The van der Waals surface area contributed by atoms with Crippen molar-refractivity contribution >= 4 is 38.9 Å². The van der Waals surface area contributed by atoms with Crippen LogP contribution in [0.3, 0.4) is 0 Å². The van der Waals surface area contributed by atoms with E-state index in [1.807, 2.05) is 19.1 Å². The number of nitrogens with one attached hydrogen (secondary N) is 1. The van der Waals surface area contributed by atoms with E-state index in [1.54, 1.807) is 43.3 Å². The van der Waals surface area contributed by atoms with Crippen molar-refractivity contribution in [1.29, 1.82) is 0 Å². The second kappa shape index (κ2) is 7.89. The molecule has 134 valence electrons. The molecule has 0 heterocycles. The first-order chi connectivity index (χ1) is 11.7. The number of hydrogen-bond acceptors (Lipinski definition) is 3. The molecule has 0 aliphatic carbocycles. The molecule has 0 bridgehead atoms. The Labute approximate surface area is 153 Å². The summed E-state index contributed by atoms with van der Waals surface area (Å²) in [5, 5.41) is 3.27. The van der Waals surface area contributed by atoms with Crippen LogP contribution < -0.4 is 9.62 Å². The number of nitrogens with zero attached hydrogens (tertiary/aromatic N) is 1. The lowest BCUT2D eigenvalue weighted by atomic mass is 10.1. The molecule has 2 aromatic carbocycles. The topological polar surface area (TPSA) is 66.5 Å². The van der Waals surface area contributed by atoms with Crippen molar-refractivity contribution < 1.29 is 13.2 Å². The fourth-order valence-corrected chi connectivity index (χ4v) is 3.77. The normalized spacial score (nSPS) is 12.5. The summed E-state index contributed by atoms with van der Waals surface area (Å²) in [7, 11) is -3.63. The molecule has 0 aromatic heterocycles. The molecule has 0 saturated heterocycles. The summed E-state index contributed by atoms with van der Waals surface area (Å²) < 4.78 is 25.6. The zero-order chi connectivity index (χ0) is 18.6. The van der Waals surface area contributed by atoms with Gasteiger partial charge < -0.3 is 5.32 Å². The van der Waals surface area contributed by atoms with Crippen molar-refractivity contribution in [1.82, 2.24) is 0 Å². The van der Waals surface area contributed by atoms with Crippen LogP contribution in [0.15, 0.2) is 48.5 Å². The minimum absolute atomic E-state index is 0.424. The minimum atomic E-state index is -3.63. The third kappa shape index (κ3) is 4.96. The van der Waals surface area contributed by atoms with Gasteiger partial charge in [0.25, 0.3) is 0 Å². The lowest BCUT2D eigenvalue weighted by molar-refractivity contribution is -0.116. The van der Waals surface area contributed by atoms with Gasteiger partial charge in [-0.15, -0.1) is 0 Å². The summed E-state index contributed by atoms with van der Waals surface area (Å²) in [6.07, 6.45) is 1.94. The number of anilines is 2. The van der Waals surface area contributed by atoms with Gasteiger partial charge in [-0.2, -0.15) is 0 Å². The maximum Gasteiger partial charge on any atom is 0.247 e. The van der Waals surface area contributed by atoms with Crippen molar-refractivity contribution in [3.63, 3.8) is 0 Å². The van der Waals surface area contributed by atoms with Gasteiger partial charge in [-0.25, -0.2) is 8.42 Å². The first kappa shape index (κ1) is 19.3. The first-order valence-electron chi connectivity index (χ1n) is 7.87. The van der Waals surface area contributed by atoms with Gasteiger partial charge in [-0.3, -0.25) is 9.10 Å². The monoisotopic (exact) mass is 380 g/mol. The quantitative estimate of drug-likeness (QED) is 0.830. The highest BCUT2D eigenvalue weighted by Crippen LogP contribution is 2.22. The van der Waals surface area contributed by atoms with E-state index in [0.717, 1.165) is 22.5 Å². The van der Waals surface area contributed by atoms with E-state index in [0.29, 0.717) is 16.4 Å². The van der Waals surface area contributed by atoms with E-state index >= 15 is 0 Å². The Morgan fingerprint density at radius 1 is 1.12 bits per heavy atom. The van der Waals surface area contributed by atoms with Gasteiger partial charge in [0, 0.05) is 10.7 Å². The molecule has 1 N–H and O–H groups in total. The third-order valence-electron chi connectivity index (χ3n) is 3.80. The van der Waals surface area contributed by atoms with E-state index in [2.05, 4.69) is 5.32 Å². The molecule has 0 spiro atoms. The smallest absolute Gasteiger partial charge is 0.247 e. The van der Waals surface area contributed by atoms with Crippen LogP contribution in [0, 0.1) is 0 Å². The summed E-state index contributed by atoms with van der Waals surface area (Å²) in [4.78, 5) is 12.5. The highest BCUT2D eigenvalue weighted by Gasteiger charge is 2.29. The minimum Gasteiger partial charge on any atom is -0.324 e.